The summed E-state index contributed by atoms with van der Waals surface area (Å²) in [6, 6.07) is 9.54. The summed E-state index contributed by atoms with van der Waals surface area (Å²) in [4.78, 5) is 14.4. The van der Waals surface area contributed by atoms with Crippen molar-refractivity contribution in [1.82, 2.24) is 4.90 Å². The van der Waals surface area contributed by atoms with Gasteiger partial charge in [0.2, 0.25) is 5.91 Å². The minimum Gasteiger partial charge on any atom is -0.379 e. The summed E-state index contributed by atoms with van der Waals surface area (Å²) in [6.45, 7) is 5.15. The van der Waals surface area contributed by atoms with Crippen LogP contribution in [0, 0.1) is 0 Å². The second-order valence-electron chi connectivity index (χ2n) is 4.43. The number of para-hydroxylation sites is 1. The Labute approximate surface area is 108 Å². The Morgan fingerprint density at radius 2 is 2.00 bits per heavy atom. The van der Waals surface area contributed by atoms with Crippen molar-refractivity contribution in [3.05, 3.63) is 30.3 Å². The highest BCUT2D eigenvalue weighted by molar-refractivity contribution is 5.94. The van der Waals surface area contributed by atoms with E-state index >= 15 is 0 Å². The molecule has 0 radical (unpaired) electrons. The van der Waals surface area contributed by atoms with Gasteiger partial charge in [-0.3, -0.25) is 9.69 Å². The topological polar surface area (TPSA) is 41.6 Å². The first-order valence-corrected chi connectivity index (χ1v) is 6.49. The fourth-order valence-corrected chi connectivity index (χ4v) is 2.25. The lowest BCUT2D eigenvalue weighted by Gasteiger charge is -2.32. The summed E-state index contributed by atoms with van der Waals surface area (Å²) in [7, 11) is 0. The molecular formula is C14H20N2O2. The summed E-state index contributed by atoms with van der Waals surface area (Å²) in [5.74, 6) is 0.0746. The lowest BCUT2D eigenvalue weighted by Crippen LogP contribution is -2.48. The van der Waals surface area contributed by atoms with E-state index in [1.54, 1.807) is 0 Å². The Hall–Kier alpha value is -1.39. The molecule has 0 bridgehead atoms. The average Bonchev–Trinajstić information content (AvgIpc) is 2.42. The van der Waals surface area contributed by atoms with Crippen LogP contribution in [-0.4, -0.2) is 43.2 Å². The van der Waals surface area contributed by atoms with Crippen LogP contribution in [0.1, 0.15) is 13.3 Å². The third-order valence-corrected chi connectivity index (χ3v) is 3.22. The van der Waals surface area contributed by atoms with Crippen LogP contribution >= 0.6 is 0 Å². The zero-order valence-corrected chi connectivity index (χ0v) is 10.8. The van der Waals surface area contributed by atoms with Crippen LogP contribution in [0.3, 0.4) is 0 Å². The van der Waals surface area contributed by atoms with Gasteiger partial charge < -0.3 is 10.1 Å². The van der Waals surface area contributed by atoms with E-state index < -0.39 is 0 Å². The molecule has 1 aromatic rings. The van der Waals surface area contributed by atoms with Crippen LogP contribution < -0.4 is 5.32 Å². The first-order chi connectivity index (χ1) is 8.81. The predicted molar refractivity (Wildman–Crippen MR) is 71.5 cm³/mol. The van der Waals surface area contributed by atoms with Crippen molar-refractivity contribution in [1.29, 1.82) is 0 Å². The maximum atomic E-state index is 12.2. The maximum absolute atomic E-state index is 12.2. The molecule has 1 saturated heterocycles. The number of ether oxygens (including phenoxy) is 1. The van der Waals surface area contributed by atoms with Gasteiger partial charge in [-0.25, -0.2) is 0 Å². The molecule has 98 valence electrons. The lowest BCUT2D eigenvalue weighted by atomic mass is 10.1. The minimum absolute atomic E-state index is 0.0610. The molecule has 1 aliphatic rings. The van der Waals surface area contributed by atoms with E-state index in [9.17, 15) is 4.79 Å². The number of rotatable bonds is 4. The normalized spacial score (nSPS) is 18.3. The number of amides is 1. The Morgan fingerprint density at radius 1 is 1.33 bits per heavy atom. The van der Waals surface area contributed by atoms with E-state index in [0.717, 1.165) is 38.4 Å². The first kappa shape index (κ1) is 13.1. The van der Waals surface area contributed by atoms with Crippen LogP contribution in [0.4, 0.5) is 5.69 Å². The number of nitrogens with zero attached hydrogens (tertiary/aromatic N) is 1. The molecule has 1 fully saturated rings. The van der Waals surface area contributed by atoms with Crippen LogP contribution in [-0.2, 0) is 9.53 Å². The molecule has 0 saturated carbocycles. The summed E-state index contributed by atoms with van der Waals surface area (Å²) in [5, 5.41) is 2.97. The van der Waals surface area contributed by atoms with Crippen molar-refractivity contribution in [2.24, 2.45) is 0 Å². The number of carbonyl (C=O) groups is 1. The fraction of sp³-hybridized carbons (Fsp3) is 0.500. The number of nitrogens with one attached hydrogen (secondary N) is 1. The van der Waals surface area contributed by atoms with Crippen molar-refractivity contribution in [3.63, 3.8) is 0 Å². The quantitative estimate of drug-likeness (QED) is 0.882. The molecule has 4 heteroatoms. The van der Waals surface area contributed by atoms with Gasteiger partial charge >= 0.3 is 0 Å². The van der Waals surface area contributed by atoms with E-state index in [-0.39, 0.29) is 11.9 Å². The van der Waals surface area contributed by atoms with Gasteiger partial charge in [0, 0.05) is 18.8 Å². The summed E-state index contributed by atoms with van der Waals surface area (Å²) in [5.41, 5.74) is 0.856. The van der Waals surface area contributed by atoms with Crippen LogP contribution in [0.25, 0.3) is 0 Å². The van der Waals surface area contributed by atoms with Crippen molar-refractivity contribution in [3.8, 4) is 0 Å². The van der Waals surface area contributed by atoms with E-state index in [0.29, 0.717) is 0 Å². The smallest absolute Gasteiger partial charge is 0.241 e. The van der Waals surface area contributed by atoms with Gasteiger partial charge in [0.15, 0.2) is 0 Å². The fourth-order valence-electron chi connectivity index (χ4n) is 2.25. The Morgan fingerprint density at radius 3 is 2.61 bits per heavy atom. The van der Waals surface area contributed by atoms with Crippen molar-refractivity contribution in [2.45, 2.75) is 19.4 Å². The second kappa shape index (κ2) is 6.52. The minimum atomic E-state index is -0.0610. The molecule has 0 spiro atoms. The van der Waals surface area contributed by atoms with Gasteiger partial charge in [-0.2, -0.15) is 0 Å². The highest BCUT2D eigenvalue weighted by Crippen LogP contribution is 2.12. The van der Waals surface area contributed by atoms with Crippen LogP contribution in [0.2, 0.25) is 0 Å². The van der Waals surface area contributed by atoms with Gasteiger partial charge in [0.05, 0.1) is 19.3 Å². The predicted octanol–water partition coefficient (Wildman–Crippen LogP) is 1.74. The molecule has 1 atom stereocenters. The molecule has 2 rings (SSSR count). The molecule has 1 aliphatic heterocycles. The van der Waals surface area contributed by atoms with Gasteiger partial charge in [-0.05, 0) is 18.6 Å². The Kier molecular flexibility index (Phi) is 4.73. The van der Waals surface area contributed by atoms with E-state index in [2.05, 4.69) is 10.2 Å². The molecule has 1 aromatic carbocycles. The number of carbonyl (C=O) groups excluding carboxylic acids is 1. The van der Waals surface area contributed by atoms with E-state index in [1.165, 1.54) is 0 Å². The molecule has 0 aliphatic carbocycles. The third kappa shape index (κ3) is 3.31. The highest BCUT2D eigenvalue weighted by atomic mass is 16.5. The molecular weight excluding hydrogens is 228 g/mol. The van der Waals surface area contributed by atoms with Crippen LogP contribution in [0.15, 0.2) is 30.3 Å². The molecule has 1 unspecified atom stereocenters. The molecule has 1 heterocycles. The summed E-state index contributed by atoms with van der Waals surface area (Å²) in [6.07, 6.45) is 0.818. The Bertz CT molecular complexity index is 375. The molecule has 4 nitrogen and oxygen atoms in total. The largest absolute Gasteiger partial charge is 0.379 e. The monoisotopic (exact) mass is 248 g/mol. The van der Waals surface area contributed by atoms with Crippen molar-refractivity contribution < 1.29 is 9.53 Å². The zero-order valence-electron chi connectivity index (χ0n) is 10.8. The van der Waals surface area contributed by atoms with E-state index in [1.807, 2.05) is 37.3 Å². The first-order valence-electron chi connectivity index (χ1n) is 6.49. The van der Waals surface area contributed by atoms with Crippen molar-refractivity contribution >= 4 is 11.6 Å². The number of benzene rings is 1. The molecule has 18 heavy (non-hydrogen) atoms. The van der Waals surface area contributed by atoms with Crippen LogP contribution in [0.5, 0.6) is 0 Å². The SMILES string of the molecule is CCC(C(=O)Nc1ccccc1)N1CCOCC1. The molecule has 0 aromatic heterocycles. The number of hydrogen-bond donors (Lipinski definition) is 1. The number of morpholine rings is 1. The second-order valence-corrected chi connectivity index (χ2v) is 4.43. The summed E-state index contributed by atoms with van der Waals surface area (Å²) >= 11 is 0. The maximum Gasteiger partial charge on any atom is 0.241 e. The molecule has 1 N–H and O–H groups in total. The van der Waals surface area contributed by atoms with Gasteiger partial charge in [-0.15, -0.1) is 0 Å². The average molecular weight is 248 g/mol. The third-order valence-electron chi connectivity index (χ3n) is 3.22. The highest BCUT2D eigenvalue weighted by Gasteiger charge is 2.25. The number of hydrogen-bond acceptors (Lipinski definition) is 3. The van der Waals surface area contributed by atoms with Gasteiger partial charge in [0.25, 0.3) is 0 Å². The standard InChI is InChI=1S/C14H20N2O2/c1-2-13(16-8-10-18-11-9-16)14(17)15-12-6-4-3-5-7-12/h3-7,13H,2,8-11H2,1H3,(H,15,17). The van der Waals surface area contributed by atoms with Crippen molar-refractivity contribution in [2.75, 3.05) is 31.6 Å². The summed E-state index contributed by atoms with van der Waals surface area (Å²) < 4.78 is 5.32. The Balaban J connectivity index is 1.96. The van der Waals surface area contributed by atoms with Gasteiger partial charge in [0.1, 0.15) is 0 Å². The molecule has 1 amide bonds. The lowest BCUT2D eigenvalue weighted by molar-refractivity contribution is -0.123. The number of anilines is 1. The zero-order chi connectivity index (χ0) is 12.8. The van der Waals surface area contributed by atoms with Gasteiger partial charge in [-0.1, -0.05) is 25.1 Å². The van der Waals surface area contributed by atoms with E-state index in [4.69, 9.17) is 4.74 Å².